The molecule has 0 aliphatic carbocycles. The molecule has 0 spiro atoms. The molecule has 4 aromatic rings. The van der Waals surface area contributed by atoms with Crippen molar-refractivity contribution in [2.24, 2.45) is 0 Å². The number of fused-ring (bicyclic) bond motifs is 1. The Morgan fingerprint density at radius 3 is 2.48 bits per heavy atom. The smallest absolute Gasteiger partial charge is 0.234 e. The summed E-state index contributed by atoms with van der Waals surface area (Å²) in [6.07, 6.45) is 0. The van der Waals surface area contributed by atoms with Crippen LogP contribution in [0.2, 0.25) is 0 Å². The third kappa shape index (κ3) is 4.20. The maximum atomic E-state index is 12.6. The Hall–Kier alpha value is -3.05. The number of benzene rings is 3. The fourth-order valence-electron chi connectivity index (χ4n) is 3.23. The highest BCUT2D eigenvalue weighted by atomic mass is 32.2. The number of hydrogen-bond acceptors (Lipinski definition) is 3. The summed E-state index contributed by atoms with van der Waals surface area (Å²) in [6, 6.07) is 22.5. The van der Waals surface area contributed by atoms with Gasteiger partial charge in [-0.15, -0.1) is 0 Å². The maximum Gasteiger partial charge on any atom is 0.234 e. The Balaban J connectivity index is 1.59. The number of nitrogens with one attached hydrogen (secondary N) is 1. The van der Waals surface area contributed by atoms with Gasteiger partial charge in [0.1, 0.15) is 0 Å². The summed E-state index contributed by atoms with van der Waals surface area (Å²) in [6.45, 7) is 6.09. The van der Waals surface area contributed by atoms with E-state index < -0.39 is 0 Å². The number of hydrogen-bond donors (Lipinski definition) is 1. The number of carbonyl (C=O) groups excluding carboxylic acids is 1. The molecule has 0 saturated heterocycles. The average Bonchev–Trinajstić information content (AvgIpc) is 3.08. The van der Waals surface area contributed by atoms with Crippen LogP contribution in [-0.2, 0) is 4.79 Å². The molecule has 0 aliphatic heterocycles. The van der Waals surface area contributed by atoms with Crippen molar-refractivity contribution in [3.05, 3.63) is 83.4 Å². The van der Waals surface area contributed by atoms with Crippen LogP contribution in [0.25, 0.3) is 16.7 Å². The summed E-state index contributed by atoms with van der Waals surface area (Å²) in [5, 5.41) is 3.84. The first kappa shape index (κ1) is 19.3. The van der Waals surface area contributed by atoms with Gasteiger partial charge >= 0.3 is 0 Å². The molecular weight excluding hydrogens is 378 g/mol. The summed E-state index contributed by atoms with van der Waals surface area (Å²) >= 11 is 1.45. The minimum absolute atomic E-state index is 0.0359. The second kappa shape index (κ2) is 8.13. The SMILES string of the molecule is Cc1ccc(-n2c(SCC(=O)Nc3cc(C)ccc3C)nc3ccccc32)cc1. The van der Waals surface area contributed by atoms with Gasteiger partial charge in [0, 0.05) is 11.4 Å². The Labute approximate surface area is 175 Å². The molecule has 1 aromatic heterocycles. The summed E-state index contributed by atoms with van der Waals surface area (Å²) in [5.74, 6) is 0.258. The maximum absolute atomic E-state index is 12.6. The molecule has 0 bridgehead atoms. The van der Waals surface area contributed by atoms with Crippen molar-refractivity contribution >= 4 is 34.4 Å². The van der Waals surface area contributed by atoms with E-state index in [1.54, 1.807) is 0 Å². The van der Waals surface area contributed by atoms with E-state index in [1.807, 2.05) is 50.2 Å². The molecule has 0 unspecified atom stereocenters. The molecular formula is C24H23N3OS. The number of para-hydroxylation sites is 2. The van der Waals surface area contributed by atoms with Crippen molar-refractivity contribution in [2.75, 3.05) is 11.1 Å². The number of thioether (sulfide) groups is 1. The summed E-state index contributed by atoms with van der Waals surface area (Å²) in [5.41, 5.74) is 7.25. The Morgan fingerprint density at radius 2 is 1.69 bits per heavy atom. The number of imidazole rings is 1. The van der Waals surface area contributed by atoms with E-state index in [1.165, 1.54) is 17.3 Å². The van der Waals surface area contributed by atoms with Crippen molar-refractivity contribution < 1.29 is 4.79 Å². The average molecular weight is 402 g/mol. The van der Waals surface area contributed by atoms with E-state index >= 15 is 0 Å². The van der Waals surface area contributed by atoms with E-state index in [2.05, 4.69) is 47.1 Å². The van der Waals surface area contributed by atoms with Crippen LogP contribution >= 0.6 is 11.8 Å². The van der Waals surface area contributed by atoms with Crippen molar-refractivity contribution in [1.29, 1.82) is 0 Å². The minimum Gasteiger partial charge on any atom is -0.325 e. The summed E-state index contributed by atoms with van der Waals surface area (Å²) in [7, 11) is 0. The van der Waals surface area contributed by atoms with Crippen LogP contribution < -0.4 is 5.32 Å². The lowest BCUT2D eigenvalue weighted by Crippen LogP contribution is -2.15. The number of aromatic nitrogens is 2. The van der Waals surface area contributed by atoms with E-state index in [-0.39, 0.29) is 5.91 Å². The van der Waals surface area contributed by atoms with Crippen molar-refractivity contribution in [3.8, 4) is 5.69 Å². The fourth-order valence-corrected chi connectivity index (χ4v) is 4.06. The molecule has 29 heavy (non-hydrogen) atoms. The van der Waals surface area contributed by atoms with Crippen molar-refractivity contribution in [3.63, 3.8) is 0 Å². The number of aryl methyl sites for hydroxylation is 3. The predicted octanol–water partition coefficient (Wildman–Crippen LogP) is 5.68. The highest BCUT2D eigenvalue weighted by molar-refractivity contribution is 7.99. The Kier molecular flexibility index (Phi) is 5.41. The quantitative estimate of drug-likeness (QED) is 0.438. The lowest BCUT2D eigenvalue weighted by Gasteiger charge is -2.11. The van der Waals surface area contributed by atoms with Crippen LogP contribution in [0.15, 0.2) is 71.9 Å². The number of anilines is 1. The second-order valence-electron chi connectivity index (χ2n) is 7.21. The van der Waals surface area contributed by atoms with Crippen LogP contribution in [0.5, 0.6) is 0 Å². The Morgan fingerprint density at radius 1 is 0.966 bits per heavy atom. The van der Waals surface area contributed by atoms with Crippen molar-refractivity contribution in [1.82, 2.24) is 9.55 Å². The van der Waals surface area contributed by atoms with Gasteiger partial charge in [0.2, 0.25) is 5.91 Å². The van der Waals surface area contributed by atoms with Gasteiger partial charge in [-0.3, -0.25) is 9.36 Å². The number of rotatable bonds is 5. The molecule has 4 nitrogen and oxygen atoms in total. The molecule has 1 N–H and O–H groups in total. The standard InChI is InChI=1S/C24H23N3OS/c1-16-9-12-19(13-10-16)27-22-7-5-4-6-20(22)26-24(27)29-15-23(28)25-21-14-17(2)8-11-18(21)3/h4-14H,15H2,1-3H3,(H,25,28). The molecule has 0 atom stereocenters. The van der Waals surface area contributed by atoms with E-state index in [4.69, 9.17) is 4.98 Å². The van der Waals surface area contributed by atoms with Crippen LogP contribution in [-0.4, -0.2) is 21.2 Å². The highest BCUT2D eigenvalue weighted by Crippen LogP contribution is 2.28. The largest absolute Gasteiger partial charge is 0.325 e. The normalized spacial score (nSPS) is 11.0. The third-order valence-corrected chi connectivity index (χ3v) is 5.76. The van der Waals surface area contributed by atoms with Crippen LogP contribution in [0, 0.1) is 20.8 Å². The van der Waals surface area contributed by atoms with Gasteiger partial charge in [-0.2, -0.15) is 0 Å². The monoisotopic (exact) mass is 401 g/mol. The van der Waals surface area contributed by atoms with Gasteiger partial charge in [-0.25, -0.2) is 4.98 Å². The zero-order valence-electron chi connectivity index (χ0n) is 16.8. The third-order valence-electron chi connectivity index (χ3n) is 4.82. The van der Waals surface area contributed by atoms with Gasteiger partial charge < -0.3 is 5.32 Å². The molecule has 0 fully saturated rings. The Bertz CT molecular complexity index is 1180. The number of nitrogens with zero attached hydrogens (tertiary/aromatic N) is 2. The second-order valence-corrected chi connectivity index (χ2v) is 8.15. The van der Waals surface area contributed by atoms with Crippen LogP contribution in [0.4, 0.5) is 5.69 Å². The van der Waals surface area contributed by atoms with Crippen LogP contribution in [0.1, 0.15) is 16.7 Å². The molecule has 4 rings (SSSR count). The first-order chi connectivity index (χ1) is 14.0. The van der Waals surface area contributed by atoms with Crippen molar-refractivity contribution in [2.45, 2.75) is 25.9 Å². The lowest BCUT2D eigenvalue weighted by atomic mass is 10.1. The van der Waals surface area contributed by atoms with Crippen LogP contribution in [0.3, 0.4) is 0 Å². The molecule has 146 valence electrons. The van der Waals surface area contributed by atoms with Gasteiger partial charge in [-0.05, 0) is 62.2 Å². The number of amides is 1. The molecule has 0 aliphatic rings. The zero-order chi connectivity index (χ0) is 20.4. The fraction of sp³-hybridized carbons (Fsp3) is 0.167. The minimum atomic E-state index is -0.0359. The molecule has 1 heterocycles. The molecule has 5 heteroatoms. The van der Waals surface area contributed by atoms with Gasteiger partial charge in [-0.1, -0.05) is 53.7 Å². The van der Waals surface area contributed by atoms with E-state index in [0.29, 0.717) is 5.75 Å². The van der Waals surface area contributed by atoms with Gasteiger partial charge in [0.05, 0.1) is 16.8 Å². The topological polar surface area (TPSA) is 46.9 Å². The molecule has 1 amide bonds. The van der Waals surface area contributed by atoms with E-state index in [9.17, 15) is 4.79 Å². The summed E-state index contributed by atoms with van der Waals surface area (Å²) in [4.78, 5) is 17.4. The van der Waals surface area contributed by atoms with Gasteiger partial charge in [0.15, 0.2) is 5.16 Å². The van der Waals surface area contributed by atoms with E-state index in [0.717, 1.165) is 38.7 Å². The van der Waals surface area contributed by atoms with Gasteiger partial charge in [0.25, 0.3) is 0 Å². The first-order valence-corrected chi connectivity index (χ1v) is 10.5. The lowest BCUT2D eigenvalue weighted by molar-refractivity contribution is -0.113. The highest BCUT2D eigenvalue weighted by Gasteiger charge is 2.15. The molecule has 0 saturated carbocycles. The first-order valence-electron chi connectivity index (χ1n) is 9.56. The summed E-state index contributed by atoms with van der Waals surface area (Å²) < 4.78 is 2.12. The number of carbonyl (C=O) groups is 1. The zero-order valence-corrected chi connectivity index (χ0v) is 17.6. The molecule has 0 radical (unpaired) electrons. The predicted molar refractivity (Wildman–Crippen MR) is 121 cm³/mol. The molecule has 3 aromatic carbocycles.